The highest BCUT2D eigenvalue weighted by atomic mass is 16.5. The average molecular weight is 253 g/mol. The molecule has 0 saturated carbocycles. The predicted octanol–water partition coefficient (Wildman–Crippen LogP) is 2.98. The number of benzene rings is 1. The zero-order chi connectivity index (χ0) is 13.8. The highest BCUT2D eigenvalue weighted by Gasteiger charge is 2.13. The third-order valence-electron chi connectivity index (χ3n) is 2.93. The Morgan fingerprint density at radius 1 is 1.32 bits per heavy atom. The number of aryl methyl sites for hydroxylation is 1. The van der Waals surface area contributed by atoms with Crippen LogP contribution in [-0.2, 0) is 0 Å². The summed E-state index contributed by atoms with van der Waals surface area (Å²) in [5.74, 6) is 1.35. The molecule has 4 nitrogen and oxygen atoms in total. The average Bonchev–Trinajstić information content (AvgIpc) is 2.46. The van der Waals surface area contributed by atoms with Crippen molar-refractivity contribution >= 4 is 5.82 Å². The Morgan fingerprint density at radius 3 is 2.68 bits per heavy atom. The van der Waals surface area contributed by atoms with E-state index in [9.17, 15) is 0 Å². The third kappa shape index (κ3) is 2.36. The summed E-state index contributed by atoms with van der Waals surface area (Å²) in [6.07, 6.45) is 0. The molecule has 0 radical (unpaired) electrons. The van der Waals surface area contributed by atoms with E-state index in [4.69, 9.17) is 10.00 Å². The van der Waals surface area contributed by atoms with Crippen molar-refractivity contribution in [2.24, 2.45) is 0 Å². The molecule has 0 aliphatic rings. The van der Waals surface area contributed by atoms with E-state index in [0.717, 1.165) is 22.6 Å². The van der Waals surface area contributed by atoms with Gasteiger partial charge in [0.2, 0.25) is 0 Å². The van der Waals surface area contributed by atoms with Crippen molar-refractivity contribution in [3.8, 4) is 23.1 Å². The van der Waals surface area contributed by atoms with Gasteiger partial charge in [-0.3, -0.25) is 0 Å². The molecule has 0 amide bonds. The SMILES string of the molecule is CNc1nc(-c2ccccc2OC)c(C)cc1C#N. The number of pyridine rings is 1. The lowest BCUT2D eigenvalue weighted by Crippen LogP contribution is -2.00. The zero-order valence-electron chi connectivity index (χ0n) is 11.2. The summed E-state index contributed by atoms with van der Waals surface area (Å²) in [7, 11) is 3.39. The fraction of sp³-hybridized carbons (Fsp3) is 0.200. The third-order valence-corrected chi connectivity index (χ3v) is 2.93. The summed E-state index contributed by atoms with van der Waals surface area (Å²) >= 11 is 0. The van der Waals surface area contributed by atoms with Crippen LogP contribution in [-0.4, -0.2) is 19.1 Å². The first-order valence-electron chi connectivity index (χ1n) is 5.94. The quantitative estimate of drug-likeness (QED) is 0.913. The van der Waals surface area contributed by atoms with Crippen LogP contribution in [0.4, 0.5) is 5.82 Å². The number of para-hydroxylation sites is 1. The minimum atomic E-state index is 0.540. The second-order valence-electron chi connectivity index (χ2n) is 4.11. The van der Waals surface area contributed by atoms with Gasteiger partial charge < -0.3 is 10.1 Å². The van der Waals surface area contributed by atoms with Crippen molar-refractivity contribution in [1.82, 2.24) is 4.98 Å². The molecule has 1 heterocycles. The number of hydrogen-bond donors (Lipinski definition) is 1. The highest BCUT2D eigenvalue weighted by Crippen LogP contribution is 2.32. The van der Waals surface area contributed by atoms with Crippen LogP contribution in [0.3, 0.4) is 0 Å². The van der Waals surface area contributed by atoms with E-state index in [0.29, 0.717) is 11.4 Å². The first-order valence-corrected chi connectivity index (χ1v) is 5.94. The molecule has 4 heteroatoms. The van der Waals surface area contributed by atoms with Gasteiger partial charge >= 0.3 is 0 Å². The molecule has 0 saturated heterocycles. The van der Waals surface area contributed by atoms with Crippen LogP contribution in [0.2, 0.25) is 0 Å². The Morgan fingerprint density at radius 2 is 2.05 bits per heavy atom. The number of methoxy groups -OCH3 is 1. The molecular formula is C15H15N3O. The molecule has 2 aromatic rings. The second kappa shape index (κ2) is 5.40. The largest absolute Gasteiger partial charge is 0.496 e. The van der Waals surface area contributed by atoms with Crippen molar-refractivity contribution < 1.29 is 4.74 Å². The van der Waals surface area contributed by atoms with Gasteiger partial charge in [-0.05, 0) is 30.7 Å². The minimum Gasteiger partial charge on any atom is -0.496 e. The van der Waals surface area contributed by atoms with Crippen molar-refractivity contribution in [3.63, 3.8) is 0 Å². The van der Waals surface area contributed by atoms with E-state index in [2.05, 4.69) is 16.4 Å². The number of rotatable bonds is 3. The van der Waals surface area contributed by atoms with Crippen LogP contribution in [0.15, 0.2) is 30.3 Å². The molecule has 1 N–H and O–H groups in total. The molecular weight excluding hydrogens is 238 g/mol. The monoisotopic (exact) mass is 253 g/mol. The van der Waals surface area contributed by atoms with Crippen LogP contribution in [0.1, 0.15) is 11.1 Å². The topological polar surface area (TPSA) is 57.9 Å². The van der Waals surface area contributed by atoms with Gasteiger partial charge in [-0.2, -0.15) is 5.26 Å². The number of anilines is 1. The van der Waals surface area contributed by atoms with Crippen molar-refractivity contribution in [3.05, 3.63) is 41.5 Å². The van der Waals surface area contributed by atoms with Gasteiger partial charge in [0.15, 0.2) is 0 Å². The highest BCUT2D eigenvalue weighted by molar-refractivity contribution is 5.73. The number of nitrogens with zero attached hydrogens (tertiary/aromatic N) is 2. The summed E-state index contributed by atoms with van der Waals surface area (Å²) in [6.45, 7) is 1.94. The minimum absolute atomic E-state index is 0.540. The molecule has 1 aromatic carbocycles. The molecule has 1 aromatic heterocycles. The van der Waals surface area contributed by atoms with E-state index >= 15 is 0 Å². The summed E-state index contributed by atoms with van der Waals surface area (Å²) in [6, 6.07) is 11.7. The maximum Gasteiger partial charge on any atom is 0.144 e. The van der Waals surface area contributed by atoms with Gasteiger partial charge in [0.25, 0.3) is 0 Å². The van der Waals surface area contributed by atoms with E-state index in [-0.39, 0.29) is 0 Å². The number of nitrogens with one attached hydrogen (secondary N) is 1. The van der Waals surface area contributed by atoms with E-state index < -0.39 is 0 Å². The Hall–Kier alpha value is -2.54. The molecule has 0 aliphatic carbocycles. The Kier molecular flexibility index (Phi) is 3.67. The van der Waals surface area contributed by atoms with Gasteiger partial charge in [-0.25, -0.2) is 4.98 Å². The molecule has 0 bridgehead atoms. The summed E-state index contributed by atoms with van der Waals surface area (Å²) in [5, 5.41) is 12.0. The molecule has 0 spiro atoms. The van der Waals surface area contributed by atoms with Crippen LogP contribution in [0, 0.1) is 18.3 Å². The van der Waals surface area contributed by atoms with Gasteiger partial charge in [0, 0.05) is 12.6 Å². The first kappa shape index (κ1) is 12.9. The Bertz CT molecular complexity index is 644. The molecule has 19 heavy (non-hydrogen) atoms. The normalized spacial score (nSPS) is 9.79. The fourth-order valence-electron chi connectivity index (χ4n) is 2.00. The van der Waals surface area contributed by atoms with Gasteiger partial charge in [-0.1, -0.05) is 12.1 Å². The number of nitriles is 1. The molecule has 2 rings (SSSR count). The van der Waals surface area contributed by atoms with Crippen LogP contribution < -0.4 is 10.1 Å². The lowest BCUT2D eigenvalue weighted by Gasteiger charge is -2.12. The van der Waals surface area contributed by atoms with E-state index in [1.54, 1.807) is 14.2 Å². The maximum atomic E-state index is 9.08. The van der Waals surface area contributed by atoms with Gasteiger partial charge in [0.1, 0.15) is 17.6 Å². The molecule has 0 atom stereocenters. The van der Waals surface area contributed by atoms with Crippen molar-refractivity contribution in [1.29, 1.82) is 5.26 Å². The molecule has 0 unspecified atom stereocenters. The van der Waals surface area contributed by atoms with Crippen LogP contribution in [0.5, 0.6) is 5.75 Å². The number of hydrogen-bond acceptors (Lipinski definition) is 4. The molecule has 96 valence electrons. The number of aromatic nitrogens is 1. The van der Waals surface area contributed by atoms with Crippen LogP contribution in [0.25, 0.3) is 11.3 Å². The summed E-state index contributed by atoms with van der Waals surface area (Å²) in [5.41, 5.74) is 3.22. The smallest absolute Gasteiger partial charge is 0.144 e. The molecule has 0 aliphatic heterocycles. The summed E-state index contributed by atoms with van der Waals surface area (Å²) in [4.78, 5) is 4.53. The lowest BCUT2D eigenvalue weighted by molar-refractivity contribution is 0.416. The lowest BCUT2D eigenvalue weighted by atomic mass is 10.0. The van der Waals surface area contributed by atoms with Crippen LogP contribution >= 0.6 is 0 Å². The number of ether oxygens (including phenoxy) is 1. The summed E-state index contributed by atoms with van der Waals surface area (Å²) < 4.78 is 5.36. The fourth-order valence-corrected chi connectivity index (χ4v) is 2.00. The predicted molar refractivity (Wildman–Crippen MR) is 75.2 cm³/mol. The Labute approximate surface area is 112 Å². The van der Waals surface area contributed by atoms with Crippen molar-refractivity contribution in [2.75, 3.05) is 19.5 Å². The van der Waals surface area contributed by atoms with Crippen molar-refractivity contribution in [2.45, 2.75) is 6.92 Å². The Balaban J connectivity index is 2.66. The standard InChI is InChI=1S/C15H15N3O/c1-10-8-11(9-16)15(17-2)18-14(10)12-6-4-5-7-13(12)19-3/h4-8H,1-3H3,(H,17,18). The molecule has 0 fully saturated rings. The van der Waals surface area contributed by atoms with Gasteiger partial charge in [-0.15, -0.1) is 0 Å². The maximum absolute atomic E-state index is 9.08. The first-order chi connectivity index (χ1) is 9.21. The van der Waals surface area contributed by atoms with E-state index in [1.165, 1.54) is 0 Å². The zero-order valence-corrected chi connectivity index (χ0v) is 11.2. The van der Waals surface area contributed by atoms with Gasteiger partial charge in [0.05, 0.1) is 18.4 Å². The van der Waals surface area contributed by atoms with E-state index in [1.807, 2.05) is 37.3 Å². The second-order valence-corrected chi connectivity index (χ2v) is 4.11.